The van der Waals surface area contributed by atoms with Gasteiger partial charge in [0.1, 0.15) is 0 Å². The Balaban J connectivity index is 2.24. The molecule has 0 saturated carbocycles. The van der Waals surface area contributed by atoms with Crippen molar-refractivity contribution in [3.05, 3.63) is 22.8 Å². The van der Waals surface area contributed by atoms with Gasteiger partial charge in [-0.25, -0.2) is 10.2 Å². The van der Waals surface area contributed by atoms with Gasteiger partial charge in [0.2, 0.25) is 0 Å². The average molecular weight is 273 g/mol. The van der Waals surface area contributed by atoms with Crippen LogP contribution in [-0.4, -0.2) is 24.5 Å². The van der Waals surface area contributed by atoms with Crippen LogP contribution in [0.15, 0.2) is 22.8 Å². The van der Waals surface area contributed by atoms with Crippen LogP contribution in [0.2, 0.25) is 0 Å². The first kappa shape index (κ1) is 14.5. The quantitative estimate of drug-likeness (QED) is 0.564. The predicted octanol–water partition coefficient (Wildman–Crippen LogP) is 0.507. The van der Waals surface area contributed by atoms with Crippen LogP contribution in [0.25, 0.3) is 0 Å². The van der Waals surface area contributed by atoms with Crippen LogP contribution < -0.4 is 21.9 Å². The molecule has 0 unspecified atom stereocenters. The van der Waals surface area contributed by atoms with Gasteiger partial charge >= 0.3 is 6.03 Å². The highest BCUT2D eigenvalue weighted by molar-refractivity contribution is 6.29. The fraction of sp³-hybridized carbons (Fsp3) is 0.455. The maximum Gasteiger partial charge on any atom is 0.333 e. The summed E-state index contributed by atoms with van der Waals surface area (Å²) >= 11 is 5.82. The maximum absolute atomic E-state index is 11.3. The van der Waals surface area contributed by atoms with Gasteiger partial charge in [-0.2, -0.15) is 0 Å². The second-order valence-corrected chi connectivity index (χ2v) is 4.51. The molecule has 1 atom stereocenters. The monoisotopic (exact) mass is 272 g/mol. The zero-order chi connectivity index (χ0) is 13.5. The van der Waals surface area contributed by atoms with Gasteiger partial charge in [-0.1, -0.05) is 23.3 Å². The summed E-state index contributed by atoms with van der Waals surface area (Å²) in [5.41, 5.74) is 10.8. The summed E-state index contributed by atoms with van der Waals surface area (Å²) in [7, 11) is 0. The van der Waals surface area contributed by atoms with Gasteiger partial charge in [0.15, 0.2) is 0 Å². The molecular weight excluding hydrogens is 256 g/mol. The fourth-order valence-electron chi connectivity index (χ4n) is 1.27. The first-order chi connectivity index (χ1) is 8.49. The highest BCUT2D eigenvalue weighted by Gasteiger charge is 2.09. The van der Waals surface area contributed by atoms with E-state index in [4.69, 9.17) is 17.3 Å². The van der Waals surface area contributed by atoms with Gasteiger partial charge in [0.25, 0.3) is 5.91 Å². The van der Waals surface area contributed by atoms with Crippen molar-refractivity contribution in [2.45, 2.75) is 25.8 Å². The second-order valence-electron chi connectivity index (χ2n) is 4.02. The molecule has 5 N–H and O–H groups in total. The average Bonchev–Trinajstić information content (AvgIpc) is 2.35. The van der Waals surface area contributed by atoms with Crippen molar-refractivity contribution in [1.82, 2.24) is 16.2 Å². The SMILES string of the molecule is C[C@H](N)C(=O)NNC(=O)NCC1=CC=C(Cl)CC1. The van der Waals surface area contributed by atoms with E-state index in [1.165, 1.54) is 6.92 Å². The van der Waals surface area contributed by atoms with Crippen LogP contribution in [0.5, 0.6) is 0 Å². The molecule has 6 nitrogen and oxygen atoms in total. The number of rotatable bonds is 3. The van der Waals surface area contributed by atoms with Crippen molar-refractivity contribution in [3.63, 3.8) is 0 Å². The van der Waals surface area contributed by atoms with E-state index < -0.39 is 18.0 Å². The van der Waals surface area contributed by atoms with E-state index in [0.29, 0.717) is 6.54 Å². The molecule has 0 aromatic heterocycles. The van der Waals surface area contributed by atoms with Crippen LogP contribution in [0.1, 0.15) is 19.8 Å². The van der Waals surface area contributed by atoms with Gasteiger partial charge in [0, 0.05) is 11.6 Å². The molecule has 0 radical (unpaired) electrons. The minimum absolute atomic E-state index is 0.417. The molecule has 3 amide bonds. The number of amides is 3. The van der Waals surface area contributed by atoms with E-state index in [9.17, 15) is 9.59 Å². The second kappa shape index (κ2) is 7.03. The van der Waals surface area contributed by atoms with E-state index in [0.717, 1.165) is 23.4 Å². The standard InChI is InChI=1S/C11H17ClN4O2/c1-7(13)10(17)15-16-11(18)14-6-8-2-4-9(12)5-3-8/h2,4,7H,3,5-6,13H2,1H3,(H,15,17)(H2,14,16,18)/t7-/m0/s1. The number of hydrogen-bond donors (Lipinski definition) is 4. The molecule has 0 saturated heterocycles. The van der Waals surface area contributed by atoms with Crippen molar-refractivity contribution in [1.29, 1.82) is 0 Å². The Kier molecular flexibility index (Phi) is 5.67. The lowest BCUT2D eigenvalue weighted by Gasteiger charge is -2.13. The smallest absolute Gasteiger partial charge is 0.333 e. The molecule has 100 valence electrons. The van der Waals surface area contributed by atoms with Crippen LogP contribution in [-0.2, 0) is 4.79 Å². The van der Waals surface area contributed by atoms with E-state index in [2.05, 4.69) is 16.2 Å². The molecule has 0 aromatic rings. The molecule has 0 fully saturated rings. The van der Waals surface area contributed by atoms with Gasteiger partial charge in [-0.05, 0) is 25.8 Å². The van der Waals surface area contributed by atoms with Gasteiger partial charge in [-0.3, -0.25) is 10.2 Å². The van der Waals surface area contributed by atoms with Gasteiger partial charge < -0.3 is 11.1 Å². The molecule has 0 bridgehead atoms. The number of halogens is 1. The normalized spacial score (nSPS) is 16.2. The van der Waals surface area contributed by atoms with Crippen LogP contribution >= 0.6 is 11.6 Å². The van der Waals surface area contributed by atoms with E-state index in [-0.39, 0.29) is 0 Å². The van der Waals surface area contributed by atoms with Crippen molar-refractivity contribution in [2.75, 3.05) is 6.54 Å². The van der Waals surface area contributed by atoms with Gasteiger partial charge in [0.05, 0.1) is 6.04 Å². The van der Waals surface area contributed by atoms with Crippen LogP contribution in [0, 0.1) is 0 Å². The van der Waals surface area contributed by atoms with Crippen molar-refractivity contribution < 1.29 is 9.59 Å². The Hall–Kier alpha value is -1.53. The van der Waals surface area contributed by atoms with E-state index >= 15 is 0 Å². The fourth-order valence-corrected chi connectivity index (χ4v) is 1.43. The Morgan fingerprint density at radius 2 is 2.11 bits per heavy atom. The third kappa shape index (κ3) is 5.20. The van der Waals surface area contributed by atoms with E-state index in [1.54, 1.807) is 0 Å². The number of urea groups is 1. The number of nitrogens with one attached hydrogen (secondary N) is 3. The lowest BCUT2D eigenvalue weighted by molar-refractivity contribution is -0.122. The Morgan fingerprint density at radius 3 is 2.67 bits per heavy atom. The Bertz CT molecular complexity index is 391. The predicted molar refractivity (Wildman–Crippen MR) is 69.6 cm³/mol. The molecule has 0 spiro atoms. The number of hydrazine groups is 1. The number of carbonyl (C=O) groups is 2. The van der Waals surface area contributed by atoms with Crippen molar-refractivity contribution in [3.8, 4) is 0 Å². The highest BCUT2D eigenvalue weighted by Crippen LogP contribution is 2.20. The summed E-state index contributed by atoms with van der Waals surface area (Å²) in [5.74, 6) is -0.447. The maximum atomic E-state index is 11.3. The molecular formula is C11H17ClN4O2. The zero-order valence-electron chi connectivity index (χ0n) is 10.1. The first-order valence-electron chi connectivity index (χ1n) is 5.62. The summed E-state index contributed by atoms with van der Waals surface area (Å²) in [6.07, 6.45) is 5.31. The number of allylic oxidation sites excluding steroid dienone is 3. The molecule has 0 aromatic carbocycles. The number of hydrogen-bond acceptors (Lipinski definition) is 3. The number of nitrogens with two attached hydrogens (primary N) is 1. The van der Waals surface area contributed by atoms with Crippen LogP contribution in [0.4, 0.5) is 4.79 Å². The highest BCUT2D eigenvalue weighted by atomic mass is 35.5. The lowest BCUT2D eigenvalue weighted by Crippen LogP contribution is -2.51. The molecule has 1 aliphatic rings. The minimum atomic E-state index is -0.668. The molecule has 1 aliphatic carbocycles. The third-order valence-electron chi connectivity index (χ3n) is 2.37. The molecule has 0 heterocycles. The Morgan fingerprint density at radius 1 is 1.39 bits per heavy atom. The van der Waals surface area contributed by atoms with E-state index in [1.807, 2.05) is 12.2 Å². The van der Waals surface area contributed by atoms with Crippen LogP contribution in [0.3, 0.4) is 0 Å². The summed E-state index contributed by atoms with van der Waals surface area (Å²) < 4.78 is 0. The zero-order valence-corrected chi connectivity index (χ0v) is 10.9. The molecule has 1 rings (SSSR count). The van der Waals surface area contributed by atoms with Crippen molar-refractivity contribution in [2.24, 2.45) is 5.73 Å². The molecule has 7 heteroatoms. The molecule has 18 heavy (non-hydrogen) atoms. The van der Waals surface area contributed by atoms with Gasteiger partial charge in [-0.15, -0.1) is 0 Å². The minimum Gasteiger partial charge on any atom is -0.333 e. The largest absolute Gasteiger partial charge is 0.333 e. The third-order valence-corrected chi connectivity index (χ3v) is 2.69. The lowest BCUT2D eigenvalue weighted by atomic mass is 10.1. The summed E-state index contributed by atoms with van der Waals surface area (Å²) in [4.78, 5) is 22.4. The van der Waals surface area contributed by atoms with Crippen molar-refractivity contribution >= 4 is 23.5 Å². The summed E-state index contributed by atoms with van der Waals surface area (Å²) in [5, 5.41) is 3.43. The summed E-state index contributed by atoms with van der Waals surface area (Å²) in [6.45, 7) is 1.94. The summed E-state index contributed by atoms with van der Waals surface area (Å²) in [6, 6.07) is -1.15. The molecule has 0 aliphatic heterocycles. The first-order valence-corrected chi connectivity index (χ1v) is 6.00. The Labute approximate surface area is 111 Å². The topological polar surface area (TPSA) is 96.2 Å². The number of carbonyl (C=O) groups excluding carboxylic acids is 2.